The zero-order chi connectivity index (χ0) is 48.6. The lowest BCUT2D eigenvalue weighted by molar-refractivity contribution is -0.167. The normalized spacial score (nSPS) is 12.8. The number of hydrogen-bond acceptors (Lipinski definition) is 6. The van der Waals surface area contributed by atoms with Gasteiger partial charge in [-0.1, -0.05) is 227 Å². The van der Waals surface area contributed by atoms with Gasteiger partial charge in [-0.15, -0.1) is 0 Å². The van der Waals surface area contributed by atoms with Gasteiger partial charge in [0.05, 0.1) is 0 Å². The number of carbonyl (C=O) groups excluding carboxylic acids is 3. The summed E-state index contributed by atoms with van der Waals surface area (Å²) in [6, 6.07) is 0. The molecule has 0 aromatic rings. The Kier molecular flexibility index (Phi) is 51.9. The van der Waals surface area contributed by atoms with E-state index in [9.17, 15) is 14.4 Å². The van der Waals surface area contributed by atoms with Gasteiger partial charge in [0.25, 0.3) is 0 Å². The van der Waals surface area contributed by atoms with Gasteiger partial charge >= 0.3 is 17.9 Å². The van der Waals surface area contributed by atoms with Crippen LogP contribution in [0.25, 0.3) is 0 Å². The molecule has 0 heterocycles. The molecule has 1 unspecified atom stereocenters. The van der Waals surface area contributed by atoms with Crippen molar-refractivity contribution in [1.29, 1.82) is 0 Å². The van der Waals surface area contributed by atoms with E-state index in [2.05, 4.69) is 118 Å². The number of rotatable bonds is 49. The Balaban J connectivity index is 4.29. The van der Waals surface area contributed by atoms with Crippen LogP contribution in [0.2, 0.25) is 0 Å². The van der Waals surface area contributed by atoms with E-state index in [1.54, 1.807) is 0 Å². The van der Waals surface area contributed by atoms with Crippen molar-refractivity contribution in [3.8, 4) is 0 Å². The van der Waals surface area contributed by atoms with Crippen LogP contribution in [-0.2, 0) is 28.6 Å². The Labute approximate surface area is 413 Å². The van der Waals surface area contributed by atoms with E-state index in [1.165, 1.54) is 96.3 Å². The average Bonchev–Trinajstić information content (AvgIpc) is 3.33. The zero-order valence-corrected chi connectivity index (χ0v) is 43.6. The maximum Gasteiger partial charge on any atom is 0.306 e. The number of carbonyl (C=O) groups is 3. The highest BCUT2D eigenvalue weighted by Crippen LogP contribution is 2.14. The van der Waals surface area contributed by atoms with Crippen molar-refractivity contribution < 1.29 is 28.6 Å². The SMILES string of the molecule is CC/C=C\C/C=C\C/C=C\C/C=C\C/C=C\CCCCCC(=O)OC(COC(=O)CCCCCCCCC)COC(=O)CCCCCCCCCC/C=C\C/C=C\C/C=C\CCCCCCC. The van der Waals surface area contributed by atoms with Crippen LogP contribution in [0.3, 0.4) is 0 Å². The summed E-state index contributed by atoms with van der Waals surface area (Å²) in [5, 5.41) is 0. The third-order valence-corrected chi connectivity index (χ3v) is 11.6. The molecule has 0 aliphatic heterocycles. The van der Waals surface area contributed by atoms with Crippen molar-refractivity contribution in [3.63, 3.8) is 0 Å². The Hall–Kier alpha value is -3.67. The lowest BCUT2D eigenvalue weighted by atomic mass is 10.1. The Bertz CT molecular complexity index is 1350. The molecule has 0 aliphatic rings. The highest BCUT2D eigenvalue weighted by atomic mass is 16.6. The Morgan fingerprint density at radius 3 is 0.925 bits per heavy atom. The summed E-state index contributed by atoms with van der Waals surface area (Å²) in [6.07, 6.45) is 72.7. The minimum atomic E-state index is -0.796. The van der Waals surface area contributed by atoms with Gasteiger partial charge in [-0.3, -0.25) is 14.4 Å². The van der Waals surface area contributed by atoms with Crippen LogP contribution < -0.4 is 0 Å². The van der Waals surface area contributed by atoms with Gasteiger partial charge in [0, 0.05) is 19.3 Å². The van der Waals surface area contributed by atoms with Gasteiger partial charge < -0.3 is 14.2 Å². The van der Waals surface area contributed by atoms with Crippen LogP contribution in [0, 0.1) is 0 Å². The predicted octanol–water partition coefficient (Wildman–Crippen LogP) is 18.5. The molecule has 0 aromatic heterocycles. The third-order valence-electron chi connectivity index (χ3n) is 11.6. The molecule has 0 spiro atoms. The summed E-state index contributed by atoms with van der Waals surface area (Å²) in [7, 11) is 0. The molecular weight excluding hydrogens is 829 g/mol. The molecule has 6 nitrogen and oxygen atoms in total. The van der Waals surface area contributed by atoms with Gasteiger partial charge in [0.1, 0.15) is 13.2 Å². The summed E-state index contributed by atoms with van der Waals surface area (Å²) in [4.78, 5) is 37.9. The molecular formula is C61H102O6. The molecule has 0 fully saturated rings. The highest BCUT2D eigenvalue weighted by Gasteiger charge is 2.19. The number of hydrogen-bond donors (Lipinski definition) is 0. The maximum atomic E-state index is 12.8. The van der Waals surface area contributed by atoms with Crippen LogP contribution in [0.15, 0.2) is 97.2 Å². The minimum Gasteiger partial charge on any atom is -0.462 e. The molecule has 0 saturated heterocycles. The van der Waals surface area contributed by atoms with Gasteiger partial charge in [-0.25, -0.2) is 0 Å². The molecule has 0 N–H and O–H groups in total. The van der Waals surface area contributed by atoms with Crippen molar-refractivity contribution >= 4 is 17.9 Å². The zero-order valence-electron chi connectivity index (χ0n) is 43.6. The van der Waals surface area contributed by atoms with Crippen LogP contribution in [0.1, 0.15) is 252 Å². The van der Waals surface area contributed by atoms with E-state index < -0.39 is 6.10 Å². The number of ether oxygens (including phenoxy) is 3. The maximum absolute atomic E-state index is 12.8. The second-order valence-electron chi connectivity index (χ2n) is 18.1. The molecule has 0 aromatic carbocycles. The second kappa shape index (κ2) is 54.9. The molecule has 0 saturated carbocycles. The predicted molar refractivity (Wildman–Crippen MR) is 288 cm³/mol. The van der Waals surface area contributed by atoms with Crippen molar-refractivity contribution in [1.82, 2.24) is 0 Å². The van der Waals surface area contributed by atoms with Gasteiger partial charge in [-0.05, 0) is 103 Å². The number of unbranched alkanes of at least 4 members (excludes halogenated alkanes) is 22. The molecule has 0 radical (unpaired) electrons. The van der Waals surface area contributed by atoms with Gasteiger partial charge in [0.2, 0.25) is 0 Å². The van der Waals surface area contributed by atoms with E-state index in [4.69, 9.17) is 14.2 Å². The molecule has 67 heavy (non-hydrogen) atoms. The van der Waals surface area contributed by atoms with E-state index >= 15 is 0 Å². The first kappa shape index (κ1) is 63.3. The van der Waals surface area contributed by atoms with E-state index in [1.807, 2.05) is 0 Å². The first-order valence-electron chi connectivity index (χ1n) is 27.7. The summed E-state index contributed by atoms with van der Waals surface area (Å²) >= 11 is 0. The van der Waals surface area contributed by atoms with E-state index in [0.717, 1.165) is 116 Å². The summed E-state index contributed by atoms with van der Waals surface area (Å²) in [5.41, 5.74) is 0. The first-order chi connectivity index (χ1) is 33.0. The van der Waals surface area contributed by atoms with Gasteiger partial charge in [-0.2, -0.15) is 0 Å². The molecule has 0 bridgehead atoms. The molecule has 6 heteroatoms. The standard InChI is InChI=1S/C61H102O6/c1-4-7-10-13-16-18-20-22-24-26-28-29-30-31-33-34-36-38-40-42-45-48-51-54-60(63)66-57-58(56-65-59(62)53-50-47-44-15-12-9-6-3)67-61(64)55-52-49-46-43-41-39-37-35-32-27-25-23-21-19-17-14-11-8-5-2/h8,11,17,19-20,22-23,25-26,28,30-32,35,39,41,58H,4-7,9-10,12-16,18,21,24,27,29,33-34,36-38,40,42-57H2,1-3H3/b11-8-,19-17-,22-20-,25-23-,28-26-,31-30-,35-32-,41-39-. The summed E-state index contributed by atoms with van der Waals surface area (Å²) in [6.45, 7) is 6.43. The second-order valence-corrected chi connectivity index (χ2v) is 18.1. The lowest BCUT2D eigenvalue weighted by Crippen LogP contribution is -2.30. The number of esters is 3. The topological polar surface area (TPSA) is 78.9 Å². The summed E-state index contributed by atoms with van der Waals surface area (Å²) < 4.78 is 16.7. The summed E-state index contributed by atoms with van der Waals surface area (Å²) in [5.74, 6) is -0.941. The quantitative estimate of drug-likeness (QED) is 0.0262. The first-order valence-corrected chi connectivity index (χ1v) is 27.7. The van der Waals surface area contributed by atoms with Crippen LogP contribution >= 0.6 is 0 Å². The largest absolute Gasteiger partial charge is 0.462 e. The van der Waals surface area contributed by atoms with Crippen LogP contribution in [-0.4, -0.2) is 37.2 Å². The van der Waals surface area contributed by atoms with E-state index in [-0.39, 0.29) is 37.5 Å². The highest BCUT2D eigenvalue weighted by molar-refractivity contribution is 5.71. The van der Waals surface area contributed by atoms with Crippen LogP contribution in [0.5, 0.6) is 0 Å². The molecule has 0 rings (SSSR count). The fraction of sp³-hybridized carbons (Fsp3) is 0.689. The lowest BCUT2D eigenvalue weighted by Gasteiger charge is -2.18. The fourth-order valence-corrected chi connectivity index (χ4v) is 7.42. The van der Waals surface area contributed by atoms with Crippen molar-refractivity contribution in [2.45, 2.75) is 258 Å². The molecule has 0 amide bonds. The molecule has 1 atom stereocenters. The average molecular weight is 931 g/mol. The fourth-order valence-electron chi connectivity index (χ4n) is 7.42. The van der Waals surface area contributed by atoms with Crippen molar-refractivity contribution in [3.05, 3.63) is 97.2 Å². The van der Waals surface area contributed by atoms with Gasteiger partial charge in [0.15, 0.2) is 6.10 Å². The van der Waals surface area contributed by atoms with E-state index in [0.29, 0.717) is 12.8 Å². The monoisotopic (exact) mass is 931 g/mol. The van der Waals surface area contributed by atoms with Crippen molar-refractivity contribution in [2.24, 2.45) is 0 Å². The molecule has 0 aliphatic carbocycles. The third kappa shape index (κ3) is 53.2. The Morgan fingerprint density at radius 2 is 0.582 bits per heavy atom. The minimum absolute atomic E-state index is 0.0937. The smallest absolute Gasteiger partial charge is 0.306 e. The van der Waals surface area contributed by atoms with Crippen LogP contribution in [0.4, 0.5) is 0 Å². The van der Waals surface area contributed by atoms with Crippen molar-refractivity contribution in [2.75, 3.05) is 13.2 Å². The number of allylic oxidation sites excluding steroid dienone is 16. The molecule has 382 valence electrons. The Morgan fingerprint density at radius 1 is 0.313 bits per heavy atom.